The van der Waals surface area contributed by atoms with Gasteiger partial charge in [-0.3, -0.25) is 9.59 Å². The first-order valence-corrected chi connectivity index (χ1v) is 12.6. The second kappa shape index (κ2) is 10.2. The summed E-state index contributed by atoms with van der Waals surface area (Å²) in [6.45, 7) is 2.46. The van der Waals surface area contributed by atoms with Crippen molar-refractivity contribution in [2.24, 2.45) is 0 Å². The Morgan fingerprint density at radius 2 is 1.65 bits per heavy atom. The molecule has 0 aliphatic heterocycles. The monoisotopic (exact) mass is 452 g/mol. The van der Waals surface area contributed by atoms with E-state index in [2.05, 4.69) is 5.32 Å². The number of carbonyl (C=O) groups is 2. The van der Waals surface area contributed by atoms with Gasteiger partial charge >= 0.3 is 0 Å². The number of amides is 2. The summed E-state index contributed by atoms with van der Waals surface area (Å²) >= 11 is 3.19. The zero-order valence-corrected chi connectivity index (χ0v) is 19.4. The maximum absolute atomic E-state index is 13.6. The lowest BCUT2D eigenvalue weighted by molar-refractivity contribution is -0.141. The summed E-state index contributed by atoms with van der Waals surface area (Å²) in [4.78, 5) is 30.9. The van der Waals surface area contributed by atoms with E-state index in [0.717, 1.165) is 46.6 Å². The molecule has 0 bridgehead atoms. The number of thiophene rings is 2. The molecule has 1 aliphatic rings. The van der Waals surface area contributed by atoms with Crippen molar-refractivity contribution in [2.45, 2.75) is 57.7 Å². The number of benzene rings is 1. The molecular weight excluding hydrogens is 424 g/mol. The van der Waals surface area contributed by atoms with Crippen molar-refractivity contribution in [3.05, 3.63) is 80.2 Å². The third kappa shape index (κ3) is 5.63. The summed E-state index contributed by atoms with van der Waals surface area (Å²) in [5.41, 5.74) is 1.99. The van der Waals surface area contributed by atoms with Gasteiger partial charge in [0.25, 0.3) is 0 Å². The Kier molecular flexibility index (Phi) is 7.20. The molecule has 4 rings (SSSR count). The number of rotatable bonds is 8. The standard InChI is InChI=1S/C25H28N2O2S2/c1-18-10-12-19(13-11-18)24(25(29)26-20-6-2-3-7-20)27(17-22-9-5-15-31-22)23(28)16-21-8-4-14-30-21/h4-5,8-15,20,24H,2-3,6-7,16-17H2,1H3,(H,26,29). The SMILES string of the molecule is Cc1ccc(C(C(=O)NC2CCCC2)N(Cc2cccs2)C(=O)Cc2cccs2)cc1. The molecule has 2 aromatic heterocycles. The highest BCUT2D eigenvalue weighted by molar-refractivity contribution is 7.10. The summed E-state index contributed by atoms with van der Waals surface area (Å²) in [6.07, 6.45) is 4.63. The molecule has 0 spiro atoms. The van der Waals surface area contributed by atoms with Gasteiger partial charge in [0.15, 0.2) is 0 Å². The minimum atomic E-state index is -0.643. The number of hydrogen-bond acceptors (Lipinski definition) is 4. The second-order valence-electron chi connectivity index (χ2n) is 8.16. The molecule has 1 saturated carbocycles. The van der Waals surface area contributed by atoms with Crippen LogP contribution in [0.15, 0.2) is 59.3 Å². The maximum Gasteiger partial charge on any atom is 0.247 e. The Hall–Kier alpha value is -2.44. The molecule has 31 heavy (non-hydrogen) atoms. The number of nitrogens with zero attached hydrogens (tertiary/aromatic N) is 1. The third-order valence-electron chi connectivity index (χ3n) is 5.79. The van der Waals surface area contributed by atoms with Crippen molar-refractivity contribution >= 4 is 34.5 Å². The van der Waals surface area contributed by atoms with Gasteiger partial charge in [0.05, 0.1) is 13.0 Å². The van der Waals surface area contributed by atoms with Crippen LogP contribution in [-0.2, 0) is 22.6 Å². The summed E-state index contributed by atoms with van der Waals surface area (Å²) in [5.74, 6) is -0.102. The molecular formula is C25H28N2O2S2. The van der Waals surface area contributed by atoms with Gasteiger partial charge in [-0.1, -0.05) is 54.8 Å². The van der Waals surface area contributed by atoms with E-state index in [4.69, 9.17) is 0 Å². The van der Waals surface area contributed by atoms with Crippen molar-refractivity contribution < 1.29 is 9.59 Å². The van der Waals surface area contributed by atoms with E-state index in [9.17, 15) is 9.59 Å². The first-order chi connectivity index (χ1) is 15.1. The molecule has 1 atom stereocenters. The molecule has 1 N–H and O–H groups in total. The van der Waals surface area contributed by atoms with Crippen LogP contribution < -0.4 is 5.32 Å². The molecule has 2 heterocycles. The molecule has 1 unspecified atom stereocenters. The highest BCUT2D eigenvalue weighted by Crippen LogP contribution is 2.28. The Labute approximate surface area is 191 Å². The van der Waals surface area contributed by atoms with Crippen LogP contribution in [-0.4, -0.2) is 22.8 Å². The van der Waals surface area contributed by atoms with E-state index < -0.39 is 6.04 Å². The molecule has 4 nitrogen and oxygen atoms in total. The predicted molar refractivity (Wildman–Crippen MR) is 127 cm³/mol. The van der Waals surface area contributed by atoms with E-state index >= 15 is 0 Å². The first kappa shape index (κ1) is 21.8. The summed E-state index contributed by atoms with van der Waals surface area (Å²) in [5, 5.41) is 7.23. The average molecular weight is 453 g/mol. The number of nitrogens with one attached hydrogen (secondary N) is 1. The lowest BCUT2D eigenvalue weighted by atomic mass is 10.0. The average Bonchev–Trinajstić information content (AvgIpc) is 3.53. The van der Waals surface area contributed by atoms with Gasteiger partial charge in [-0.15, -0.1) is 22.7 Å². The lowest BCUT2D eigenvalue weighted by Gasteiger charge is -2.32. The van der Waals surface area contributed by atoms with Gasteiger partial charge in [-0.25, -0.2) is 0 Å². The van der Waals surface area contributed by atoms with E-state index in [1.165, 1.54) is 0 Å². The summed E-state index contributed by atoms with van der Waals surface area (Å²) in [7, 11) is 0. The van der Waals surface area contributed by atoms with Gasteiger partial charge < -0.3 is 10.2 Å². The Bertz CT molecular complexity index is 975. The fourth-order valence-corrected chi connectivity index (χ4v) is 5.53. The molecule has 1 aromatic carbocycles. The van der Waals surface area contributed by atoms with Gasteiger partial charge in [0.2, 0.25) is 11.8 Å². The normalized spacial score (nSPS) is 15.0. The number of aryl methyl sites for hydroxylation is 1. The largest absolute Gasteiger partial charge is 0.351 e. The van der Waals surface area contributed by atoms with E-state index in [0.29, 0.717) is 13.0 Å². The van der Waals surface area contributed by atoms with Crippen LogP contribution in [0.3, 0.4) is 0 Å². The van der Waals surface area contributed by atoms with E-state index in [-0.39, 0.29) is 17.9 Å². The Morgan fingerprint density at radius 3 is 2.26 bits per heavy atom. The first-order valence-electron chi connectivity index (χ1n) is 10.8. The van der Waals surface area contributed by atoms with Crippen LogP contribution in [0.1, 0.15) is 52.6 Å². The zero-order valence-electron chi connectivity index (χ0n) is 17.8. The number of carbonyl (C=O) groups excluding carboxylic acids is 2. The summed E-state index contributed by atoms with van der Waals surface area (Å²) < 4.78 is 0. The highest BCUT2D eigenvalue weighted by atomic mass is 32.1. The van der Waals surface area contributed by atoms with Gasteiger partial charge in [0, 0.05) is 15.8 Å². The lowest BCUT2D eigenvalue weighted by Crippen LogP contribution is -2.46. The van der Waals surface area contributed by atoms with Crippen molar-refractivity contribution in [3.63, 3.8) is 0 Å². The highest BCUT2D eigenvalue weighted by Gasteiger charge is 2.33. The van der Waals surface area contributed by atoms with Gasteiger partial charge in [-0.05, 0) is 48.2 Å². The predicted octanol–water partition coefficient (Wildman–Crippen LogP) is 5.49. The zero-order chi connectivity index (χ0) is 21.6. The topological polar surface area (TPSA) is 49.4 Å². The molecule has 0 radical (unpaired) electrons. The molecule has 162 valence electrons. The number of hydrogen-bond donors (Lipinski definition) is 1. The fraction of sp³-hybridized carbons (Fsp3) is 0.360. The van der Waals surface area contributed by atoms with Crippen LogP contribution in [0.5, 0.6) is 0 Å². The third-order valence-corrected chi connectivity index (χ3v) is 7.52. The van der Waals surface area contributed by atoms with Gasteiger partial charge in [0.1, 0.15) is 6.04 Å². The van der Waals surface area contributed by atoms with Crippen LogP contribution in [0.4, 0.5) is 0 Å². The molecule has 1 fully saturated rings. The molecule has 1 aliphatic carbocycles. The van der Waals surface area contributed by atoms with Crippen molar-refractivity contribution in [3.8, 4) is 0 Å². The van der Waals surface area contributed by atoms with Crippen LogP contribution in [0, 0.1) is 6.92 Å². The fourth-order valence-electron chi connectivity index (χ4n) is 4.13. The van der Waals surface area contributed by atoms with Crippen molar-refractivity contribution in [1.82, 2.24) is 10.2 Å². The Morgan fingerprint density at radius 1 is 1.00 bits per heavy atom. The van der Waals surface area contributed by atoms with E-state index in [1.807, 2.05) is 66.2 Å². The van der Waals surface area contributed by atoms with Crippen molar-refractivity contribution in [2.75, 3.05) is 0 Å². The minimum absolute atomic E-state index is 0.0250. The molecule has 2 amide bonds. The Balaban J connectivity index is 1.67. The molecule has 3 aromatic rings. The maximum atomic E-state index is 13.6. The van der Waals surface area contributed by atoms with Crippen molar-refractivity contribution in [1.29, 1.82) is 0 Å². The molecule has 6 heteroatoms. The quantitative estimate of drug-likeness (QED) is 0.491. The van der Waals surface area contributed by atoms with E-state index in [1.54, 1.807) is 27.6 Å². The molecule has 0 saturated heterocycles. The van der Waals surface area contributed by atoms with Crippen LogP contribution in [0.2, 0.25) is 0 Å². The van der Waals surface area contributed by atoms with Crippen LogP contribution in [0.25, 0.3) is 0 Å². The minimum Gasteiger partial charge on any atom is -0.351 e. The van der Waals surface area contributed by atoms with Crippen LogP contribution >= 0.6 is 22.7 Å². The summed E-state index contributed by atoms with van der Waals surface area (Å²) in [6, 6.07) is 15.5. The van der Waals surface area contributed by atoms with Gasteiger partial charge in [-0.2, -0.15) is 0 Å². The second-order valence-corrected chi connectivity index (χ2v) is 10.2. The smallest absolute Gasteiger partial charge is 0.247 e.